The molecule has 0 aromatic heterocycles. The Hall–Kier alpha value is -2.44. The number of hydrogen-bond donors (Lipinski definition) is 1. The third-order valence-corrected chi connectivity index (χ3v) is 6.39. The molecule has 0 saturated carbocycles. The number of ether oxygens (including phenoxy) is 2. The second kappa shape index (κ2) is 11.6. The minimum atomic E-state index is -0.602. The highest BCUT2D eigenvalue weighted by Crippen LogP contribution is 2.33. The van der Waals surface area contributed by atoms with Crippen LogP contribution in [0.3, 0.4) is 0 Å². The fourth-order valence-electron chi connectivity index (χ4n) is 3.69. The maximum atomic E-state index is 13.4. The van der Waals surface area contributed by atoms with Gasteiger partial charge in [0, 0.05) is 29.1 Å². The highest BCUT2D eigenvalue weighted by Gasteiger charge is 2.29. The minimum absolute atomic E-state index is 0.0243. The zero-order valence-corrected chi connectivity index (χ0v) is 20.7. The molecule has 6 nitrogen and oxygen atoms in total. The zero-order chi connectivity index (χ0) is 24.0. The van der Waals surface area contributed by atoms with Gasteiger partial charge in [-0.2, -0.15) is 0 Å². The second-order valence-electron chi connectivity index (χ2n) is 8.19. The summed E-state index contributed by atoms with van der Waals surface area (Å²) in [6, 6.07) is 10.3. The number of aryl methyl sites for hydroxylation is 1. The quantitative estimate of drug-likeness (QED) is 0.483. The molecule has 0 aliphatic carbocycles. The van der Waals surface area contributed by atoms with Crippen LogP contribution in [0.1, 0.15) is 51.2 Å². The van der Waals surface area contributed by atoms with Crippen molar-refractivity contribution in [1.29, 1.82) is 0 Å². The summed E-state index contributed by atoms with van der Waals surface area (Å²) in [5, 5.41) is 4.00. The average Bonchev–Trinajstić information content (AvgIpc) is 3.26. The lowest BCUT2D eigenvalue weighted by molar-refractivity contribution is -0.141. The highest BCUT2D eigenvalue weighted by atomic mass is 35.5. The van der Waals surface area contributed by atoms with Gasteiger partial charge in [-0.25, -0.2) is 0 Å². The number of nitrogens with zero attached hydrogens (tertiary/aromatic N) is 1. The van der Waals surface area contributed by atoms with Crippen molar-refractivity contribution < 1.29 is 19.1 Å². The van der Waals surface area contributed by atoms with Crippen LogP contribution in [-0.4, -0.2) is 35.6 Å². The van der Waals surface area contributed by atoms with Crippen LogP contribution in [-0.2, 0) is 22.6 Å². The molecule has 178 valence electrons. The Balaban J connectivity index is 1.79. The molecule has 1 aliphatic rings. The lowest BCUT2D eigenvalue weighted by Crippen LogP contribution is -2.50. The van der Waals surface area contributed by atoms with Crippen LogP contribution in [0.2, 0.25) is 10.0 Å². The van der Waals surface area contributed by atoms with E-state index in [9.17, 15) is 9.59 Å². The summed E-state index contributed by atoms with van der Waals surface area (Å²) < 4.78 is 10.8. The number of halogens is 2. The number of nitrogens with one attached hydrogen (secondary N) is 1. The Morgan fingerprint density at radius 3 is 2.52 bits per heavy atom. The van der Waals surface area contributed by atoms with Gasteiger partial charge in [0.15, 0.2) is 11.5 Å². The van der Waals surface area contributed by atoms with Crippen molar-refractivity contribution >= 4 is 35.0 Å². The zero-order valence-electron chi connectivity index (χ0n) is 19.2. The number of benzene rings is 2. The van der Waals surface area contributed by atoms with Gasteiger partial charge < -0.3 is 19.7 Å². The molecule has 1 heterocycles. The van der Waals surface area contributed by atoms with Crippen molar-refractivity contribution in [2.45, 2.75) is 65.1 Å². The van der Waals surface area contributed by atoms with E-state index in [-0.39, 0.29) is 37.6 Å². The van der Waals surface area contributed by atoms with E-state index in [2.05, 4.69) is 5.32 Å². The van der Waals surface area contributed by atoms with Crippen LogP contribution in [0.4, 0.5) is 0 Å². The maximum Gasteiger partial charge on any atom is 0.243 e. The first-order chi connectivity index (χ1) is 15.8. The minimum Gasteiger partial charge on any atom is -0.454 e. The Morgan fingerprint density at radius 1 is 1.06 bits per heavy atom. The lowest BCUT2D eigenvalue weighted by Gasteiger charge is -2.32. The van der Waals surface area contributed by atoms with E-state index in [0.717, 1.165) is 17.5 Å². The van der Waals surface area contributed by atoms with Gasteiger partial charge in [-0.15, -0.1) is 0 Å². The molecular weight excluding hydrogens is 463 g/mol. The smallest absolute Gasteiger partial charge is 0.243 e. The van der Waals surface area contributed by atoms with Gasteiger partial charge in [0.2, 0.25) is 18.6 Å². The molecule has 0 spiro atoms. The number of carbonyl (C=O) groups excluding carboxylic acids is 2. The first-order valence-corrected chi connectivity index (χ1v) is 12.0. The standard InChI is InChI=1S/C25H30Cl2N2O4/c1-4-16(3)28-25(31)21(5-2)29(14-18-8-9-19(26)13-20(18)27)24(30)11-7-17-6-10-22-23(12-17)33-15-32-22/h6,8-10,12-13,16,21H,4-5,7,11,14-15H2,1-3H3,(H,28,31)/t16-,21+/m0/s1. The Labute approximate surface area is 205 Å². The summed E-state index contributed by atoms with van der Waals surface area (Å²) in [5.74, 6) is 1.11. The van der Waals surface area contributed by atoms with E-state index in [4.69, 9.17) is 32.7 Å². The molecule has 33 heavy (non-hydrogen) atoms. The van der Waals surface area contributed by atoms with Gasteiger partial charge in [0.05, 0.1) is 0 Å². The van der Waals surface area contributed by atoms with Gasteiger partial charge in [-0.3, -0.25) is 9.59 Å². The number of hydrogen-bond acceptors (Lipinski definition) is 4. The predicted octanol–water partition coefficient (Wildman–Crippen LogP) is 5.38. The number of rotatable bonds is 10. The summed E-state index contributed by atoms with van der Waals surface area (Å²) in [6.07, 6.45) is 2.06. The van der Waals surface area contributed by atoms with Crippen molar-refractivity contribution in [1.82, 2.24) is 10.2 Å². The van der Waals surface area contributed by atoms with E-state index in [0.29, 0.717) is 34.4 Å². The average molecular weight is 493 g/mol. The molecule has 3 rings (SSSR count). The monoisotopic (exact) mass is 492 g/mol. The number of amides is 2. The van der Waals surface area contributed by atoms with E-state index in [1.165, 1.54) is 0 Å². The lowest BCUT2D eigenvalue weighted by atomic mass is 10.1. The molecule has 2 aromatic rings. The maximum absolute atomic E-state index is 13.4. The van der Waals surface area contributed by atoms with Crippen molar-refractivity contribution in [2.24, 2.45) is 0 Å². The van der Waals surface area contributed by atoms with Crippen molar-refractivity contribution in [3.63, 3.8) is 0 Å². The largest absolute Gasteiger partial charge is 0.454 e. The van der Waals surface area contributed by atoms with Gasteiger partial charge in [0.1, 0.15) is 6.04 Å². The summed E-state index contributed by atoms with van der Waals surface area (Å²) in [4.78, 5) is 28.1. The predicted molar refractivity (Wildman–Crippen MR) is 130 cm³/mol. The Bertz CT molecular complexity index is 998. The molecule has 0 radical (unpaired) electrons. The number of fused-ring (bicyclic) bond motifs is 1. The fraction of sp³-hybridized carbons (Fsp3) is 0.440. The van der Waals surface area contributed by atoms with E-state index in [1.807, 2.05) is 39.0 Å². The van der Waals surface area contributed by atoms with Gasteiger partial charge in [-0.05, 0) is 61.6 Å². The van der Waals surface area contributed by atoms with E-state index < -0.39 is 6.04 Å². The van der Waals surface area contributed by atoms with Crippen molar-refractivity contribution in [3.8, 4) is 11.5 Å². The van der Waals surface area contributed by atoms with Crippen LogP contribution in [0.5, 0.6) is 11.5 Å². The van der Waals surface area contributed by atoms with Crippen molar-refractivity contribution in [2.75, 3.05) is 6.79 Å². The Kier molecular flexibility index (Phi) is 8.87. The van der Waals surface area contributed by atoms with Crippen LogP contribution in [0, 0.1) is 0 Å². The third-order valence-electron chi connectivity index (χ3n) is 5.81. The summed E-state index contributed by atoms with van der Waals surface area (Å²) in [5.41, 5.74) is 1.71. The topological polar surface area (TPSA) is 67.9 Å². The fourth-order valence-corrected chi connectivity index (χ4v) is 4.15. The Morgan fingerprint density at radius 2 is 1.82 bits per heavy atom. The SMILES string of the molecule is CC[C@H](C(=O)N[C@@H](C)CC)N(Cc1ccc(Cl)cc1Cl)C(=O)CCc1ccc2c(c1)OCO2. The molecule has 0 unspecified atom stereocenters. The van der Waals surface area contributed by atoms with Crippen LogP contribution in [0.15, 0.2) is 36.4 Å². The van der Waals surface area contributed by atoms with Crippen LogP contribution < -0.4 is 14.8 Å². The summed E-state index contributed by atoms with van der Waals surface area (Å²) in [6.45, 7) is 6.29. The first-order valence-electron chi connectivity index (χ1n) is 11.2. The van der Waals surface area contributed by atoms with Crippen LogP contribution in [0.25, 0.3) is 0 Å². The third kappa shape index (κ3) is 6.55. The second-order valence-corrected chi connectivity index (χ2v) is 9.03. The molecule has 2 atom stereocenters. The molecule has 0 fully saturated rings. The molecule has 2 aromatic carbocycles. The normalized spacial score (nSPS) is 14.0. The molecule has 1 N–H and O–H groups in total. The molecular formula is C25H30Cl2N2O4. The van der Waals surface area contributed by atoms with E-state index >= 15 is 0 Å². The number of carbonyl (C=O) groups is 2. The molecule has 2 amide bonds. The van der Waals surface area contributed by atoms with Crippen LogP contribution >= 0.6 is 23.2 Å². The molecule has 8 heteroatoms. The first kappa shape index (κ1) is 25.2. The van der Waals surface area contributed by atoms with Gasteiger partial charge >= 0.3 is 0 Å². The summed E-state index contributed by atoms with van der Waals surface area (Å²) in [7, 11) is 0. The van der Waals surface area contributed by atoms with Gasteiger partial charge in [0.25, 0.3) is 0 Å². The van der Waals surface area contributed by atoms with Crippen molar-refractivity contribution in [3.05, 3.63) is 57.6 Å². The highest BCUT2D eigenvalue weighted by molar-refractivity contribution is 6.35. The van der Waals surface area contributed by atoms with Gasteiger partial charge in [-0.1, -0.05) is 49.2 Å². The molecule has 0 bridgehead atoms. The molecule has 1 aliphatic heterocycles. The summed E-state index contributed by atoms with van der Waals surface area (Å²) >= 11 is 12.4. The van der Waals surface area contributed by atoms with E-state index in [1.54, 1.807) is 23.1 Å². The molecule has 0 saturated heterocycles.